The van der Waals surface area contributed by atoms with E-state index in [2.05, 4.69) is 11.4 Å². The Bertz CT molecular complexity index is 818. The molecule has 1 amide bonds. The van der Waals surface area contributed by atoms with Crippen molar-refractivity contribution in [2.45, 2.75) is 38.1 Å². The van der Waals surface area contributed by atoms with Crippen LogP contribution in [0.2, 0.25) is 0 Å². The number of benzene rings is 2. The Labute approximate surface area is 171 Å². The first kappa shape index (κ1) is 20.7. The highest BCUT2D eigenvalue weighted by atomic mass is 16.5. The van der Waals surface area contributed by atoms with Gasteiger partial charge in [-0.25, -0.2) is 0 Å². The van der Waals surface area contributed by atoms with Gasteiger partial charge in [-0.05, 0) is 61.1 Å². The predicted molar refractivity (Wildman–Crippen MR) is 109 cm³/mol. The minimum Gasteiger partial charge on any atom is -0.497 e. The Balaban J connectivity index is 1.32. The van der Waals surface area contributed by atoms with Crippen LogP contribution >= 0.6 is 0 Å². The average molecular weight is 397 g/mol. The van der Waals surface area contributed by atoms with Crippen LogP contribution in [0.1, 0.15) is 42.9 Å². The second-order valence-electron chi connectivity index (χ2n) is 7.00. The maximum absolute atomic E-state index is 12.2. The average Bonchev–Trinajstić information content (AvgIpc) is 2.76. The van der Waals surface area contributed by atoms with Crippen LogP contribution in [0.3, 0.4) is 0 Å². The Kier molecular flexibility index (Phi) is 7.50. The van der Waals surface area contributed by atoms with Crippen molar-refractivity contribution < 1.29 is 23.8 Å². The monoisotopic (exact) mass is 397 g/mol. The van der Waals surface area contributed by atoms with E-state index in [1.807, 2.05) is 42.5 Å². The topological polar surface area (TPSA) is 73.9 Å². The normalized spacial score (nSPS) is 15.1. The molecule has 0 saturated carbocycles. The zero-order valence-corrected chi connectivity index (χ0v) is 16.7. The molecular formula is C23H27NO5. The summed E-state index contributed by atoms with van der Waals surface area (Å²) in [5.41, 5.74) is 2.44. The number of ether oxygens (including phenoxy) is 3. The van der Waals surface area contributed by atoms with E-state index in [1.165, 1.54) is 5.56 Å². The molecule has 0 unspecified atom stereocenters. The van der Waals surface area contributed by atoms with Crippen molar-refractivity contribution in [1.82, 2.24) is 5.32 Å². The highest BCUT2D eigenvalue weighted by Crippen LogP contribution is 2.29. The molecule has 29 heavy (non-hydrogen) atoms. The molecule has 1 N–H and O–H groups in total. The molecule has 2 aromatic rings. The summed E-state index contributed by atoms with van der Waals surface area (Å²) in [4.78, 5) is 24.0. The van der Waals surface area contributed by atoms with Crippen molar-refractivity contribution in [2.75, 3.05) is 20.3 Å². The smallest absolute Gasteiger partial charge is 0.306 e. The van der Waals surface area contributed by atoms with Crippen molar-refractivity contribution in [1.29, 1.82) is 0 Å². The fraction of sp³-hybridized carbons (Fsp3) is 0.391. The highest BCUT2D eigenvalue weighted by Gasteiger charge is 2.21. The first-order chi connectivity index (χ1) is 14.2. The van der Waals surface area contributed by atoms with Crippen LogP contribution in [0.15, 0.2) is 48.5 Å². The van der Waals surface area contributed by atoms with E-state index in [-0.39, 0.29) is 25.0 Å². The van der Waals surface area contributed by atoms with E-state index in [4.69, 9.17) is 14.2 Å². The maximum atomic E-state index is 12.2. The van der Waals surface area contributed by atoms with Crippen molar-refractivity contribution >= 4 is 11.9 Å². The molecule has 0 bridgehead atoms. The molecule has 0 aliphatic heterocycles. The van der Waals surface area contributed by atoms with Crippen molar-refractivity contribution in [3.63, 3.8) is 0 Å². The van der Waals surface area contributed by atoms with Crippen LogP contribution in [0.4, 0.5) is 0 Å². The van der Waals surface area contributed by atoms with Gasteiger partial charge in [0, 0.05) is 6.42 Å². The SMILES string of the molecule is COc1ccc(OCCCC(=O)OCC(=O)N[C@H]2CCCc3ccccc32)cc1. The standard InChI is InChI=1S/C23H27NO5/c1-27-18-11-13-19(14-12-18)28-15-5-10-23(26)29-16-22(25)24-21-9-4-7-17-6-2-3-8-20(17)21/h2-3,6,8,11-14,21H,4-5,7,9-10,15-16H2,1H3,(H,24,25)/t21-/m0/s1. The number of carbonyl (C=O) groups excluding carboxylic acids is 2. The minimum atomic E-state index is -0.400. The number of amides is 1. The lowest BCUT2D eigenvalue weighted by atomic mass is 9.88. The van der Waals surface area contributed by atoms with Gasteiger partial charge in [0.1, 0.15) is 11.5 Å². The van der Waals surface area contributed by atoms with Gasteiger partial charge in [0.05, 0.1) is 19.8 Å². The molecule has 0 radical (unpaired) electrons. The van der Waals surface area contributed by atoms with Gasteiger partial charge in [-0.3, -0.25) is 9.59 Å². The van der Waals surface area contributed by atoms with Gasteiger partial charge in [-0.2, -0.15) is 0 Å². The zero-order chi connectivity index (χ0) is 20.5. The number of hydrogen-bond acceptors (Lipinski definition) is 5. The quantitative estimate of drug-likeness (QED) is 0.517. The summed E-state index contributed by atoms with van der Waals surface area (Å²) < 4.78 is 15.8. The number of aryl methyl sites for hydroxylation is 1. The first-order valence-corrected chi connectivity index (χ1v) is 9.95. The van der Waals surface area contributed by atoms with Gasteiger partial charge in [0.2, 0.25) is 0 Å². The van der Waals surface area contributed by atoms with E-state index in [0.29, 0.717) is 18.8 Å². The van der Waals surface area contributed by atoms with Crippen LogP contribution < -0.4 is 14.8 Å². The van der Waals surface area contributed by atoms with E-state index in [0.717, 1.165) is 30.6 Å². The fourth-order valence-electron chi connectivity index (χ4n) is 3.44. The van der Waals surface area contributed by atoms with Gasteiger partial charge in [-0.15, -0.1) is 0 Å². The molecule has 1 aliphatic rings. The molecule has 0 fully saturated rings. The molecule has 3 rings (SSSR count). The first-order valence-electron chi connectivity index (χ1n) is 9.95. The lowest BCUT2D eigenvalue weighted by Crippen LogP contribution is -2.34. The summed E-state index contributed by atoms with van der Waals surface area (Å²) in [6, 6.07) is 15.4. The van der Waals surface area contributed by atoms with E-state index >= 15 is 0 Å². The van der Waals surface area contributed by atoms with Gasteiger partial charge in [-0.1, -0.05) is 24.3 Å². The minimum absolute atomic E-state index is 0.0101. The van der Waals surface area contributed by atoms with Crippen molar-refractivity contribution in [3.05, 3.63) is 59.7 Å². The number of hydrogen-bond donors (Lipinski definition) is 1. The number of methoxy groups -OCH3 is 1. The number of carbonyl (C=O) groups is 2. The summed E-state index contributed by atoms with van der Waals surface area (Å²) in [6.45, 7) is 0.142. The van der Waals surface area contributed by atoms with E-state index < -0.39 is 5.97 Å². The second-order valence-corrected chi connectivity index (χ2v) is 7.00. The Morgan fingerprint density at radius 2 is 1.83 bits per heavy atom. The summed E-state index contributed by atoms with van der Waals surface area (Å²) in [7, 11) is 1.61. The fourth-order valence-corrected chi connectivity index (χ4v) is 3.44. The van der Waals surface area contributed by atoms with Gasteiger partial charge in [0.25, 0.3) is 5.91 Å². The molecule has 154 valence electrons. The molecule has 1 aliphatic carbocycles. The summed E-state index contributed by atoms with van der Waals surface area (Å²) >= 11 is 0. The zero-order valence-electron chi connectivity index (χ0n) is 16.7. The van der Waals surface area contributed by atoms with Crippen LogP contribution in [0.25, 0.3) is 0 Å². The predicted octanol–water partition coefficient (Wildman–Crippen LogP) is 3.59. The van der Waals surface area contributed by atoms with Crippen LogP contribution in [0.5, 0.6) is 11.5 Å². The lowest BCUT2D eigenvalue weighted by Gasteiger charge is -2.26. The van der Waals surface area contributed by atoms with Crippen LogP contribution in [-0.2, 0) is 20.7 Å². The summed E-state index contributed by atoms with van der Waals surface area (Å²) in [6.07, 6.45) is 3.70. The van der Waals surface area contributed by atoms with E-state index in [9.17, 15) is 9.59 Å². The van der Waals surface area contributed by atoms with Crippen molar-refractivity contribution in [3.8, 4) is 11.5 Å². The summed E-state index contributed by atoms with van der Waals surface area (Å²) in [5.74, 6) is 0.805. The number of rotatable bonds is 9. The van der Waals surface area contributed by atoms with Crippen LogP contribution in [0, 0.1) is 0 Å². The van der Waals surface area contributed by atoms with Crippen molar-refractivity contribution in [2.24, 2.45) is 0 Å². The van der Waals surface area contributed by atoms with Gasteiger partial charge in [0.15, 0.2) is 6.61 Å². The van der Waals surface area contributed by atoms with Gasteiger partial charge < -0.3 is 19.5 Å². The number of esters is 1. The molecular weight excluding hydrogens is 370 g/mol. The number of fused-ring (bicyclic) bond motifs is 1. The van der Waals surface area contributed by atoms with E-state index in [1.54, 1.807) is 7.11 Å². The Morgan fingerprint density at radius 1 is 1.07 bits per heavy atom. The molecule has 0 heterocycles. The maximum Gasteiger partial charge on any atom is 0.306 e. The largest absolute Gasteiger partial charge is 0.497 e. The second kappa shape index (κ2) is 10.5. The lowest BCUT2D eigenvalue weighted by molar-refractivity contribution is -0.149. The Morgan fingerprint density at radius 3 is 2.62 bits per heavy atom. The summed E-state index contributed by atoms with van der Waals surface area (Å²) in [5, 5.41) is 2.98. The molecule has 6 heteroatoms. The van der Waals surface area contributed by atoms with Gasteiger partial charge >= 0.3 is 5.97 Å². The molecule has 0 aromatic heterocycles. The third-order valence-electron chi connectivity index (χ3n) is 4.92. The van der Waals surface area contributed by atoms with Crippen LogP contribution in [-0.4, -0.2) is 32.2 Å². The number of nitrogens with one attached hydrogen (secondary N) is 1. The highest BCUT2D eigenvalue weighted by molar-refractivity contribution is 5.80. The molecule has 0 saturated heterocycles. The molecule has 1 atom stereocenters. The molecule has 6 nitrogen and oxygen atoms in total. The molecule has 2 aromatic carbocycles. The third-order valence-corrected chi connectivity index (χ3v) is 4.92. The Hall–Kier alpha value is -3.02. The third kappa shape index (κ3) is 6.24. The molecule has 0 spiro atoms.